The molecular formula is C23H23F3N4O2. The van der Waals surface area contributed by atoms with Gasteiger partial charge in [-0.3, -0.25) is 4.79 Å². The van der Waals surface area contributed by atoms with Gasteiger partial charge in [0.25, 0.3) is 5.91 Å². The van der Waals surface area contributed by atoms with Crippen LogP contribution in [-0.2, 0) is 17.5 Å². The predicted octanol–water partition coefficient (Wildman–Crippen LogP) is 4.00. The molecule has 3 aromatic rings. The molecule has 0 radical (unpaired) electrons. The van der Waals surface area contributed by atoms with Gasteiger partial charge in [0, 0.05) is 44.1 Å². The molecule has 0 spiro atoms. The highest BCUT2D eigenvalue weighted by molar-refractivity contribution is 5.94. The number of carbonyl (C=O) groups is 1. The maximum absolute atomic E-state index is 12.9. The Kier molecular flexibility index (Phi) is 6.18. The van der Waals surface area contributed by atoms with Crippen LogP contribution in [0.4, 0.5) is 18.9 Å². The smallest absolute Gasteiger partial charge is 0.378 e. The number of aromatic nitrogens is 2. The zero-order chi connectivity index (χ0) is 22.7. The molecule has 1 amide bonds. The number of ether oxygens (including phenoxy) is 1. The van der Waals surface area contributed by atoms with Gasteiger partial charge < -0.3 is 14.5 Å². The molecule has 9 heteroatoms. The first-order valence-electron chi connectivity index (χ1n) is 10.2. The molecular weight excluding hydrogens is 421 g/mol. The van der Waals surface area contributed by atoms with E-state index in [-0.39, 0.29) is 5.91 Å². The fourth-order valence-corrected chi connectivity index (χ4v) is 3.68. The largest absolute Gasteiger partial charge is 0.435 e. The van der Waals surface area contributed by atoms with Crippen molar-refractivity contribution >= 4 is 11.6 Å². The molecule has 0 bridgehead atoms. The summed E-state index contributed by atoms with van der Waals surface area (Å²) in [6, 6.07) is 15.2. The molecule has 1 saturated heterocycles. The van der Waals surface area contributed by atoms with Crippen LogP contribution in [0.3, 0.4) is 0 Å². The number of hydrogen-bond acceptors (Lipinski definition) is 4. The Morgan fingerprint density at radius 1 is 1.06 bits per heavy atom. The molecule has 1 aliphatic rings. The quantitative estimate of drug-likeness (QED) is 0.597. The fraction of sp³-hybridized carbons (Fsp3) is 0.304. The third-order valence-corrected chi connectivity index (χ3v) is 5.36. The van der Waals surface area contributed by atoms with Gasteiger partial charge in [-0.1, -0.05) is 18.2 Å². The molecule has 0 unspecified atom stereocenters. The summed E-state index contributed by atoms with van der Waals surface area (Å²) in [6.07, 6.45) is -3.25. The number of para-hydroxylation sites is 1. The molecule has 4 rings (SSSR count). The lowest BCUT2D eigenvalue weighted by Gasteiger charge is -2.31. The number of morpholine rings is 1. The first-order valence-corrected chi connectivity index (χ1v) is 10.2. The van der Waals surface area contributed by atoms with Gasteiger partial charge >= 0.3 is 6.18 Å². The minimum Gasteiger partial charge on any atom is -0.378 e. The van der Waals surface area contributed by atoms with Crippen molar-refractivity contribution in [3.8, 4) is 5.69 Å². The van der Waals surface area contributed by atoms with Crippen LogP contribution in [0.5, 0.6) is 0 Å². The van der Waals surface area contributed by atoms with Crippen LogP contribution in [-0.4, -0.2) is 53.9 Å². The van der Waals surface area contributed by atoms with E-state index in [9.17, 15) is 18.0 Å². The summed E-state index contributed by atoms with van der Waals surface area (Å²) in [5.41, 5.74) is 2.06. The maximum atomic E-state index is 12.9. The number of carbonyl (C=O) groups excluding carboxylic acids is 1. The number of halogens is 3. The van der Waals surface area contributed by atoms with Gasteiger partial charge in [-0.2, -0.15) is 18.3 Å². The van der Waals surface area contributed by atoms with Crippen LogP contribution in [0.1, 0.15) is 21.6 Å². The van der Waals surface area contributed by atoms with Crippen LogP contribution in [0.25, 0.3) is 5.69 Å². The van der Waals surface area contributed by atoms with Gasteiger partial charge in [0.1, 0.15) is 0 Å². The van der Waals surface area contributed by atoms with Crippen molar-refractivity contribution in [2.45, 2.75) is 12.7 Å². The fourth-order valence-electron chi connectivity index (χ4n) is 3.68. The molecule has 1 aliphatic heterocycles. The third-order valence-electron chi connectivity index (χ3n) is 5.36. The molecule has 2 heterocycles. The van der Waals surface area contributed by atoms with Crippen molar-refractivity contribution in [3.05, 3.63) is 77.6 Å². The molecule has 32 heavy (non-hydrogen) atoms. The van der Waals surface area contributed by atoms with Crippen molar-refractivity contribution in [2.75, 3.05) is 38.3 Å². The zero-order valence-electron chi connectivity index (χ0n) is 17.5. The number of alkyl halides is 3. The summed E-state index contributed by atoms with van der Waals surface area (Å²) in [6.45, 7) is 3.40. The third kappa shape index (κ3) is 4.77. The van der Waals surface area contributed by atoms with Crippen LogP contribution < -0.4 is 4.90 Å². The highest BCUT2D eigenvalue weighted by Crippen LogP contribution is 2.28. The van der Waals surface area contributed by atoms with Gasteiger partial charge in [-0.15, -0.1) is 0 Å². The van der Waals surface area contributed by atoms with E-state index < -0.39 is 11.9 Å². The Balaban J connectivity index is 1.46. The Hall–Kier alpha value is -3.33. The number of rotatable bonds is 5. The average molecular weight is 444 g/mol. The summed E-state index contributed by atoms with van der Waals surface area (Å²) in [4.78, 5) is 16.8. The molecule has 1 aromatic heterocycles. The first kappa shape index (κ1) is 21.9. The molecule has 0 aliphatic carbocycles. The lowest BCUT2D eigenvalue weighted by Crippen LogP contribution is -2.37. The summed E-state index contributed by atoms with van der Waals surface area (Å²) < 4.78 is 44.9. The summed E-state index contributed by atoms with van der Waals surface area (Å²) in [7, 11) is 1.73. The molecule has 0 saturated carbocycles. The standard InChI is InChI=1S/C23H23F3N4O2/c1-28(16-18-4-2-3-5-20(18)29-12-14-32-15-13-29)22(31)17-6-8-19(9-7-17)30-11-10-21(27-30)23(24,25)26/h2-11H,12-16H2,1H3. The molecule has 0 atom stereocenters. The van der Waals surface area contributed by atoms with Gasteiger partial charge in [-0.05, 0) is 42.0 Å². The number of benzene rings is 2. The number of anilines is 1. The van der Waals surface area contributed by atoms with Crippen molar-refractivity contribution in [3.63, 3.8) is 0 Å². The summed E-state index contributed by atoms with van der Waals surface area (Å²) >= 11 is 0. The topological polar surface area (TPSA) is 50.6 Å². The lowest BCUT2D eigenvalue weighted by molar-refractivity contribution is -0.141. The van der Waals surface area contributed by atoms with Gasteiger partial charge in [0.05, 0.1) is 18.9 Å². The summed E-state index contributed by atoms with van der Waals surface area (Å²) in [5, 5.41) is 3.55. The van der Waals surface area contributed by atoms with Gasteiger partial charge in [0.15, 0.2) is 5.69 Å². The highest BCUT2D eigenvalue weighted by atomic mass is 19.4. The van der Waals surface area contributed by atoms with Crippen molar-refractivity contribution in [1.82, 2.24) is 14.7 Å². The predicted molar refractivity (Wildman–Crippen MR) is 114 cm³/mol. The van der Waals surface area contributed by atoms with Crippen molar-refractivity contribution in [2.24, 2.45) is 0 Å². The maximum Gasteiger partial charge on any atom is 0.435 e. The number of hydrogen-bond donors (Lipinski definition) is 0. The van der Waals surface area contributed by atoms with E-state index in [2.05, 4.69) is 10.00 Å². The molecule has 0 N–H and O–H groups in total. The SMILES string of the molecule is CN(Cc1ccccc1N1CCOCC1)C(=O)c1ccc(-n2ccc(C(F)(F)F)n2)cc1. The molecule has 1 fully saturated rings. The second kappa shape index (κ2) is 9.04. The highest BCUT2D eigenvalue weighted by Gasteiger charge is 2.33. The van der Waals surface area contributed by atoms with E-state index in [0.29, 0.717) is 31.0 Å². The van der Waals surface area contributed by atoms with Crippen LogP contribution in [0, 0.1) is 0 Å². The van der Waals surface area contributed by atoms with Gasteiger partial charge in [-0.25, -0.2) is 4.68 Å². The number of amides is 1. The van der Waals surface area contributed by atoms with E-state index in [4.69, 9.17) is 4.74 Å². The molecule has 168 valence electrons. The second-order valence-corrected chi connectivity index (χ2v) is 7.58. The van der Waals surface area contributed by atoms with E-state index in [1.54, 1.807) is 36.2 Å². The normalized spacial score (nSPS) is 14.4. The second-order valence-electron chi connectivity index (χ2n) is 7.58. The Morgan fingerprint density at radius 3 is 2.41 bits per heavy atom. The molecule has 2 aromatic carbocycles. The average Bonchev–Trinajstić information content (AvgIpc) is 3.31. The van der Waals surface area contributed by atoms with E-state index in [1.807, 2.05) is 24.3 Å². The Bertz CT molecular complexity index is 1070. The van der Waals surface area contributed by atoms with Crippen LogP contribution in [0.15, 0.2) is 60.8 Å². The zero-order valence-corrected chi connectivity index (χ0v) is 17.5. The first-order chi connectivity index (χ1) is 15.3. The monoisotopic (exact) mass is 444 g/mol. The summed E-state index contributed by atoms with van der Waals surface area (Å²) in [5.74, 6) is -0.176. The van der Waals surface area contributed by atoms with Crippen molar-refractivity contribution < 1.29 is 22.7 Å². The Morgan fingerprint density at radius 2 is 1.75 bits per heavy atom. The van der Waals surface area contributed by atoms with Crippen molar-refractivity contribution in [1.29, 1.82) is 0 Å². The minimum atomic E-state index is -4.50. The van der Waals surface area contributed by atoms with Crippen LogP contribution >= 0.6 is 0 Å². The Labute approximate surface area is 183 Å². The van der Waals surface area contributed by atoms with E-state index in [1.165, 1.54) is 6.20 Å². The van der Waals surface area contributed by atoms with E-state index >= 15 is 0 Å². The van der Waals surface area contributed by atoms with E-state index in [0.717, 1.165) is 35.1 Å². The lowest BCUT2D eigenvalue weighted by atomic mass is 10.1. The van der Waals surface area contributed by atoms with Crippen LogP contribution in [0.2, 0.25) is 0 Å². The molecule has 6 nitrogen and oxygen atoms in total. The minimum absolute atomic E-state index is 0.176. The number of nitrogens with zero attached hydrogens (tertiary/aromatic N) is 4. The van der Waals surface area contributed by atoms with Gasteiger partial charge in [0.2, 0.25) is 0 Å².